The zero-order valence-corrected chi connectivity index (χ0v) is 17.9. The number of benzene rings is 1. The van der Waals surface area contributed by atoms with Gasteiger partial charge in [0.2, 0.25) is 0 Å². The first kappa shape index (κ1) is 19.6. The molecule has 2 N–H and O–H groups in total. The molecule has 0 spiro atoms. The summed E-state index contributed by atoms with van der Waals surface area (Å²) in [5.41, 5.74) is 9.76. The second-order valence-electron chi connectivity index (χ2n) is 8.87. The number of para-hydroxylation sites is 1. The Bertz CT molecular complexity index is 1350. The third kappa shape index (κ3) is 3.24. The Morgan fingerprint density at radius 1 is 1.13 bits per heavy atom. The van der Waals surface area contributed by atoms with Crippen molar-refractivity contribution in [2.75, 3.05) is 0 Å². The maximum absolute atomic E-state index is 13.4. The summed E-state index contributed by atoms with van der Waals surface area (Å²) < 4.78 is 5.79. The van der Waals surface area contributed by atoms with Gasteiger partial charge in [-0.05, 0) is 37.3 Å². The molecule has 0 atom stereocenters. The Morgan fingerprint density at radius 3 is 2.61 bits per heavy atom. The van der Waals surface area contributed by atoms with E-state index < -0.39 is 5.91 Å². The minimum Gasteiger partial charge on any atom is -0.366 e. The number of imidazole rings is 1. The van der Waals surface area contributed by atoms with E-state index in [1.165, 1.54) is 0 Å². The predicted octanol–water partition coefficient (Wildman–Crippen LogP) is 3.68. The predicted molar refractivity (Wildman–Crippen MR) is 121 cm³/mol. The van der Waals surface area contributed by atoms with Gasteiger partial charge in [0.15, 0.2) is 0 Å². The lowest BCUT2D eigenvalue weighted by atomic mass is 10.1. The SMILES string of the molecule is CC(C)CCn1c(Cn2c(=O)n(C3CC3)c3ccncc32)c(C(N)=O)c2ccccc21. The number of primary amides is 1. The van der Waals surface area contributed by atoms with Crippen molar-refractivity contribution in [2.24, 2.45) is 11.7 Å². The summed E-state index contributed by atoms with van der Waals surface area (Å²) in [6, 6.07) is 9.99. The minimum atomic E-state index is -0.466. The van der Waals surface area contributed by atoms with Gasteiger partial charge in [-0.3, -0.25) is 18.9 Å². The number of hydrogen-bond donors (Lipinski definition) is 1. The highest BCUT2D eigenvalue weighted by molar-refractivity contribution is 6.07. The van der Waals surface area contributed by atoms with Crippen molar-refractivity contribution in [3.8, 4) is 0 Å². The molecule has 1 saturated carbocycles. The van der Waals surface area contributed by atoms with Crippen LogP contribution >= 0.6 is 0 Å². The first-order chi connectivity index (χ1) is 15.0. The fourth-order valence-electron chi connectivity index (χ4n) is 4.55. The number of fused-ring (bicyclic) bond motifs is 2. The largest absolute Gasteiger partial charge is 0.366 e. The van der Waals surface area contributed by atoms with Crippen LogP contribution in [0.5, 0.6) is 0 Å². The fourth-order valence-corrected chi connectivity index (χ4v) is 4.55. The van der Waals surface area contributed by atoms with Crippen LogP contribution in [-0.2, 0) is 13.1 Å². The van der Waals surface area contributed by atoms with Gasteiger partial charge in [0.05, 0.1) is 35.0 Å². The summed E-state index contributed by atoms with van der Waals surface area (Å²) in [6.45, 7) is 5.40. The number of nitrogens with zero attached hydrogens (tertiary/aromatic N) is 4. The normalized spacial score (nSPS) is 14.2. The standard InChI is InChI=1S/C24H27N5O2/c1-15(2)10-12-27-18-6-4-3-5-17(18)22(23(25)30)21(27)14-28-20-13-26-11-9-19(20)29(24(28)31)16-7-8-16/h3-6,9,11,13,15-16H,7-8,10,12,14H2,1-2H3,(H2,25,30). The number of amides is 1. The van der Waals surface area contributed by atoms with E-state index in [4.69, 9.17) is 5.73 Å². The summed E-state index contributed by atoms with van der Waals surface area (Å²) in [5.74, 6) is 0.0429. The van der Waals surface area contributed by atoms with Crippen molar-refractivity contribution >= 4 is 27.8 Å². The monoisotopic (exact) mass is 417 g/mol. The number of aromatic nitrogens is 4. The fraction of sp³-hybridized carbons (Fsp3) is 0.375. The molecule has 7 nitrogen and oxygen atoms in total. The lowest BCUT2D eigenvalue weighted by Crippen LogP contribution is -2.26. The first-order valence-electron chi connectivity index (χ1n) is 10.9. The van der Waals surface area contributed by atoms with Gasteiger partial charge in [0.1, 0.15) is 0 Å². The quantitative estimate of drug-likeness (QED) is 0.497. The Hall–Kier alpha value is -3.35. The van der Waals surface area contributed by atoms with E-state index in [-0.39, 0.29) is 18.3 Å². The van der Waals surface area contributed by atoms with Crippen molar-refractivity contribution in [2.45, 2.75) is 52.2 Å². The number of aryl methyl sites for hydroxylation is 1. The summed E-state index contributed by atoms with van der Waals surface area (Å²) in [7, 11) is 0. The molecule has 160 valence electrons. The number of pyridine rings is 1. The van der Waals surface area contributed by atoms with E-state index in [0.717, 1.165) is 53.4 Å². The Balaban J connectivity index is 1.74. The highest BCUT2D eigenvalue weighted by Gasteiger charge is 2.30. The molecule has 0 radical (unpaired) electrons. The third-order valence-corrected chi connectivity index (χ3v) is 6.24. The van der Waals surface area contributed by atoms with Crippen LogP contribution in [0.2, 0.25) is 0 Å². The maximum atomic E-state index is 13.4. The minimum absolute atomic E-state index is 0.0541. The van der Waals surface area contributed by atoms with E-state index in [9.17, 15) is 9.59 Å². The van der Waals surface area contributed by atoms with Gasteiger partial charge in [0, 0.05) is 29.7 Å². The summed E-state index contributed by atoms with van der Waals surface area (Å²) >= 11 is 0. The number of hydrogen-bond acceptors (Lipinski definition) is 3. The molecule has 0 unspecified atom stereocenters. The van der Waals surface area contributed by atoms with Gasteiger partial charge in [-0.15, -0.1) is 0 Å². The van der Waals surface area contributed by atoms with Crippen LogP contribution in [0.3, 0.4) is 0 Å². The van der Waals surface area contributed by atoms with Crippen molar-refractivity contribution in [1.29, 1.82) is 0 Å². The summed E-state index contributed by atoms with van der Waals surface area (Å²) in [4.78, 5) is 30.2. The molecule has 1 aromatic carbocycles. The Morgan fingerprint density at radius 2 is 1.90 bits per heavy atom. The molecule has 31 heavy (non-hydrogen) atoms. The highest BCUT2D eigenvalue weighted by atomic mass is 16.2. The second kappa shape index (κ2) is 7.41. The third-order valence-electron chi connectivity index (χ3n) is 6.24. The molecule has 1 amide bonds. The van der Waals surface area contributed by atoms with Crippen molar-refractivity contribution in [3.05, 3.63) is 64.5 Å². The smallest absolute Gasteiger partial charge is 0.329 e. The average Bonchev–Trinajstić information content (AvgIpc) is 3.47. The van der Waals surface area contributed by atoms with Crippen LogP contribution in [0.15, 0.2) is 47.5 Å². The van der Waals surface area contributed by atoms with Gasteiger partial charge < -0.3 is 10.3 Å². The lowest BCUT2D eigenvalue weighted by molar-refractivity contribution is 0.100. The molecule has 1 fully saturated rings. The second-order valence-corrected chi connectivity index (χ2v) is 8.87. The van der Waals surface area contributed by atoms with Gasteiger partial charge in [-0.25, -0.2) is 4.79 Å². The van der Waals surface area contributed by atoms with Gasteiger partial charge in [-0.1, -0.05) is 32.0 Å². The molecule has 0 aliphatic heterocycles. The van der Waals surface area contributed by atoms with Crippen molar-refractivity contribution in [3.63, 3.8) is 0 Å². The molecule has 5 rings (SSSR count). The number of rotatable bonds is 7. The molecule has 3 aromatic heterocycles. The summed E-state index contributed by atoms with van der Waals surface area (Å²) in [5, 5.41) is 0.839. The van der Waals surface area contributed by atoms with E-state index in [1.54, 1.807) is 17.0 Å². The highest BCUT2D eigenvalue weighted by Crippen LogP contribution is 2.36. The van der Waals surface area contributed by atoms with E-state index >= 15 is 0 Å². The molecule has 4 aromatic rings. The molecule has 1 aliphatic carbocycles. The molecule has 0 saturated heterocycles. The van der Waals surface area contributed by atoms with Crippen molar-refractivity contribution < 1.29 is 4.79 Å². The van der Waals surface area contributed by atoms with Gasteiger partial charge >= 0.3 is 5.69 Å². The van der Waals surface area contributed by atoms with Crippen LogP contribution in [-0.4, -0.2) is 24.6 Å². The van der Waals surface area contributed by atoms with Crippen LogP contribution < -0.4 is 11.4 Å². The van der Waals surface area contributed by atoms with Crippen LogP contribution in [0.4, 0.5) is 0 Å². The molecule has 0 bridgehead atoms. The van der Waals surface area contributed by atoms with Crippen LogP contribution in [0.25, 0.3) is 21.9 Å². The van der Waals surface area contributed by atoms with Crippen molar-refractivity contribution in [1.82, 2.24) is 18.7 Å². The number of nitrogens with two attached hydrogens (primary N) is 1. The molecule has 1 aliphatic rings. The van der Waals surface area contributed by atoms with E-state index in [2.05, 4.69) is 23.4 Å². The molecular formula is C24H27N5O2. The lowest BCUT2D eigenvalue weighted by Gasteiger charge is -2.14. The number of carbonyl (C=O) groups excluding carboxylic acids is 1. The van der Waals surface area contributed by atoms with E-state index in [1.807, 2.05) is 34.9 Å². The molecule has 3 heterocycles. The summed E-state index contributed by atoms with van der Waals surface area (Å²) in [6.07, 6.45) is 6.45. The van der Waals surface area contributed by atoms with Gasteiger partial charge in [-0.2, -0.15) is 0 Å². The first-order valence-corrected chi connectivity index (χ1v) is 10.9. The van der Waals surface area contributed by atoms with E-state index in [0.29, 0.717) is 11.5 Å². The Labute approximate surface area is 180 Å². The molecular weight excluding hydrogens is 390 g/mol. The topological polar surface area (TPSA) is 87.8 Å². The molecule has 7 heteroatoms. The zero-order valence-electron chi connectivity index (χ0n) is 17.9. The van der Waals surface area contributed by atoms with Crippen LogP contribution in [0, 0.1) is 5.92 Å². The van der Waals surface area contributed by atoms with Gasteiger partial charge in [0.25, 0.3) is 5.91 Å². The van der Waals surface area contributed by atoms with Crippen LogP contribution in [0.1, 0.15) is 55.2 Å². The Kier molecular flexibility index (Phi) is 4.68. The zero-order chi connectivity index (χ0) is 21.7. The average molecular weight is 418 g/mol. The number of carbonyl (C=O) groups is 1. The maximum Gasteiger partial charge on any atom is 0.329 e.